The number of nitrogens with zero attached hydrogens (tertiary/aromatic N) is 4. The average molecular weight is 520 g/mol. The molecule has 2 bridgehead atoms. The van der Waals surface area contributed by atoms with E-state index >= 15 is 0 Å². The second-order valence-corrected chi connectivity index (χ2v) is 10.4. The summed E-state index contributed by atoms with van der Waals surface area (Å²) in [7, 11) is 0. The van der Waals surface area contributed by atoms with Crippen LogP contribution in [0.4, 0.5) is 17.5 Å². The van der Waals surface area contributed by atoms with Crippen LogP contribution in [0.1, 0.15) is 35.2 Å². The van der Waals surface area contributed by atoms with Gasteiger partial charge in [0.15, 0.2) is 0 Å². The number of amides is 2. The summed E-state index contributed by atoms with van der Waals surface area (Å²) < 4.78 is 0. The summed E-state index contributed by atoms with van der Waals surface area (Å²) in [5, 5.41) is 16.2. The molecule has 4 atom stereocenters. The Morgan fingerprint density at radius 2 is 1.85 bits per heavy atom. The van der Waals surface area contributed by atoms with E-state index in [4.69, 9.17) is 10.7 Å². The smallest absolute Gasteiger partial charge is 0.253 e. The summed E-state index contributed by atoms with van der Waals surface area (Å²) in [6, 6.07) is 16.6. The molecule has 2 amide bonds. The van der Waals surface area contributed by atoms with Gasteiger partial charge in [0.05, 0.1) is 17.6 Å². The first-order valence-electron chi connectivity index (χ1n) is 13.3. The maximum Gasteiger partial charge on any atom is 0.253 e. The Hall–Kier alpha value is -4.71. The molecular formula is C30H29N7O2. The van der Waals surface area contributed by atoms with E-state index < -0.39 is 0 Å². The maximum atomic E-state index is 12.9. The van der Waals surface area contributed by atoms with Crippen molar-refractivity contribution in [2.24, 2.45) is 23.5 Å². The van der Waals surface area contributed by atoms with Crippen LogP contribution in [0.5, 0.6) is 0 Å². The van der Waals surface area contributed by atoms with E-state index in [1.165, 1.54) is 0 Å². The van der Waals surface area contributed by atoms with Crippen LogP contribution in [0.25, 0.3) is 11.1 Å². The number of fused-ring (bicyclic) bond motifs is 2. The van der Waals surface area contributed by atoms with Gasteiger partial charge in [-0.2, -0.15) is 10.2 Å². The van der Waals surface area contributed by atoms with Gasteiger partial charge in [0.25, 0.3) is 5.91 Å². The Labute approximate surface area is 226 Å². The Balaban J connectivity index is 1.33. The molecule has 9 nitrogen and oxygen atoms in total. The minimum Gasteiger partial charge on any atom is -0.369 e. The summed E-state index contributed by atoms with van der Waals surface area (Å²) in [5.74, 6) is 0.536. The standard InChI is InChI=1S/C30H29N7O2/c31-16-18-5-3-6-19(13-18)24-17-33-30(34-23-8-4-7-22(15-23)29(39)37-11-1-2-12-37)36-28(24)35-26-21-10-9-20(14-21)25(26)27(32)38/h3-10,13,15,17,20-21,25-26H,1-2,11-12,14H2,(H2,32,38)(H2,33,34,35,36)/t20-,21+,25+,26-/m1/s1. The van der Waals surface area contributed by atoms with Gasteiger partial charge in [-0.25, -0.2) is 4.98 Å². The molecule has 0 radical (unpaired) electrons. The molecule has 3 aromatic rings. The van der Waals surface area contributed by atoms with Crippen molar-refractivity contribution >= 4 is 29.3 Å². The predicted molar refractivity (Wildman–Crippen MR) is 148 cm³/mol. The number of nitrogens with two attached hydrogens (primary N) is 1. The first kappa shape index (κ1) is 24.6. The SMILES string of the molecule is N#Cc1cccc(-c2cnc(Nc3cccc(C(=O)N4CCCC4)c3)nc2N[C@H]2[C@@H](C(N)=O)[C@@H]3C=C[C@H]2C3)c1. The Morgan fingerprint density at radius 1 is 1.05 bits per heavy atom. The van der Waals surface area contributed by atoms with Crippen molar-refractivity contribution in [1.29, 1.82) is 5.26 Å². The summed E-state index contributed by atoms with van der Waals surface area (Å²) in [6.07, 6.45) is 8.87. The zero-order chi connectivity index (χ0) is 26.9. The van der Waals surface area contributed by atoms with Crippen molar-refractivity contribution in [2.75, 3.05) is 23.7 Å². The molecule has 0 spiro atoms. The molecule has 1 saturated heterocycles. The number of hydrogen-bond acceptors (Lipinski definition) is 7. The lowest BCUT2D eigenvalue weighted by Gasteiger charge is -2.28. The van der Waals surface area contributed by atoms with Crippen molar-refractivity contribution in [3.63, 3.8) is 0 Å². The van der Waals surface area contributed by atoms with Gasteiger partial charge in [-0.05, 0) is 67.0 Å². The number of benzene rings is 2. The molecule has 0 unspecified atom stereocenters. The van der Waals surface area contributed by atoms with Crippen molar-refractivity contribution in [2.45, 2.75) is 25.3 Å². The van der Waals surface area contributed by atoms with Gasteiger partial charge < -0.3 is 21.3 Å². The lowest BCUT2D eigenvalue weighted by molar-refractivity contribution is -0.122. The van der Waals surface area contributed by atoms with Gasteiger partial charge in [-0.1, -0.05) is 30.4 Å². The number of hydrogen-bond donors (Lipinski definition) is 3. The summed E-state index contributed by atoms with van der Waals surface area (Å²) in [5.41, 5.74) is 9.14. The van der Waals surface area contributed by atoms with Crippen LogP contribution in [0.2, 0.25) is 0 Å². The third kappa shape index (κ3) is 4.81. The van der Waals surface area contributed by atoms with Gasteiger partial charge >= 0.3 is 0 Å². The molecule has 196 valence electrons. The summed E-state index contributed by atoms with van der Waals surface area (Å²) in [4.78, 5) is 36.5. The van der Waals surface area contributed by atoms with Gasteiger partial charge in [0, 0.05) is 42.1 Å². The Kier molecular flexibility index (Phi) is 6.45. The molecule has 1 saturated carbocycles. The maximum absolute atomic E-state index is 12.9. The molecular weight excluding hydrogens is 490 g/mol. The summed E-state index contributed by atoms with van der Waals surface area (Å²) in [6.45, 7) is 1.57. The van der Waals surface area contributed by atoms with Crippen LogP contribution >= 0.6 is 0 Å². The van der Waals surface area contributed by atoms with Gasteiger partial charge in [0.1, 0.15) is 5.82 Å². The molecule has 1 aromatic heterocycles. The van der Waals surface area contributed by atoms with Crippen LogP contribution in [0.15, 0.2) is 66.9 Å². The average Bonchev–Trinajstić information content (AvgIpc) is 3.72. The molecule has 9 heteroatoms. The number of carbonyl (C=O) groups excluding carboxylic acids is 2. The van der Waals surface area contributed by atoms with Gasteiger partial charge in [0.2, 0.25) is 11.9 Å². The van der Waals surface area contributed by atoms with Gasteiger partial charge in [-0.15, -0.1) is 0 Å². The van der Waals surface area contributed by atoms with E-state index in [9.17, 15) is 14.9 Å². The fourth-order valence-electron chi connectivity index (χ4n) is 6.05. The number of anilines is 3. The zero-order valence-electron chi connectivity index (χ0n) is 21.4. The highest BCUT2D eigenvalue weighted by atomic mass is 16.2. The number of nitrogens with one attached hydrogen (secondary N) is 2. The van der Waals surface area contributed by atoms with E-state index in [-0.39, 0.29) is 35.6 Å². The number of allylic oxidation sites excluding steroid dienone is 1. The second-order valence-electron chi connectivity index (χ2n) is 10.4. The highest BCUT2D eigenvalue weighted by Gasteiger charge is 2.47. The van der Waals surface area contributed by atoms with E-state index in [1.807, 2.05) is 41.3 Å². The predicted octanol–water partition coefficient (Wildman–Crippen LogP) is 4.08. The van der Waals surface area contributed by atoms with E-state index in [0.29, 0.717) is 34.1 Å². The van der Waals surface area contributed by atoms with Crippen LogP contribution < -0.4 is 16.4 Å². The topological polar surface area (TPSA) is 137 Å². The Morgan fingerprint density at radius 3 is 2.64 bits per heavy atom. The molecule has 4 N–H and O–H groups in total. The monoisotopic (exact) mass is 519 g/mol. The van der Waals surface area contributed by atoms with Crippen LogP contribution in [0, 0.1) is 29.1 Å². The van der Waals surface area contributed by atoms with Crippen LogP contribution in [0.3, 0.4) is 0 Å². The number of aromatic nitrogens is 2. The third-order valence-electron chi connectivity index (χ3n) is 7.94. The van der Waals surface area contributed by atoms with Crippen molar-refractivity contribution in [3.05, 3.63) is 78.0 Å². The molecule has 2 aromatic carbocycles. The zero-order valence-corrected chi connectivity index (χ0v) is 21.4. The fraction of sp³-hybridized carbons (Fsp3) is 0.300. The van der Waals surface area contributed by atoms with Crippen LogP contribution in [-0.2, 0) is 4.79 Å². The third-order valence-corrected chi connectivity index (χ3v) is 7.94. The largest absolute Gasteiger partial charge is 0.369 e. The highest BCUT2D eigenvalue weighted by Crippen LogP contribution is 2.45. The molecule has 3 aliphatic rings. The van der Waals surface area contributed by atoms with E-state index in [1.54, 1.807) is 18.3 Å². The highest BCUT2D eigenvalue weighted by molar-refractivity contribution is 5.95. The minimum atomic E-state index is -0.335. The molecule has 2 heterocycles. The molecule has 2 aliphatic carbocycles. The number of rotatable bonds is 7. The van der Waals surface area contributed by atoms with E-state index in [2.05, 4.69) is 33.8 Å². The first-order chi connectivity index (χ1) is 19.0. The lowest BCUT2D eigenvalue weighted by atomic mass is 9.88. The number of likely N-dealkylation sites (tertiary alicyclic amines) is 1. The molecule has 2 fully saturated rings. The normalized spacial score (nSPS) is 23.0. The first-order valence-corrected chi connectivity index (χ1v) is 13.3. The number of carbonyl (C=O) groups is 2. The van der Waals surface area contributed by atoms with Crippen molar-refractivity contribution < 1.29 is 9.59 Å². The summed E-state index contributed by atoms with van der Waals surface area (Å²) >= 11 is 0. The van der Waals surface area contributed by atoms with Crippen molar-refractivity contribution in [3.8, 4) is 17.2 Å². The Bertz CT molecular complexity index is 1510. The second kappa shape index (κ2) is 10.2. The fourth-order valence-corrected chi connectivity index (χ4v) is 6.05. The number of nitriles is 1. The van der Waals surface area contributed by atoms with E-state index in [0.717, 1.165) is 37.9 Å². The van der Waals surface area contributed by atoms with Gasteiger partial charge in [-0.3, -0.25) is 9.59 Å². The minimum absolute atomic E-state index is 0.0222. The molecule has 1 aliphatic heterocycles. The number of primary amides is 1. The molecule has 6 rings (SSSR count). The van der Waals surface area contributed by atoms with Crippen LogP contribution in [-0.4, -0.2) is 45.8 Å². The quantitative estimate of drug-likeness (QED) is 0.400. The molecule has 39 heavy (non-hydrogen) atoms. The lowest BCUT2D eigenvalue weighted by Crippen LogP contribution is -2.41. The van der Waals surface area contributed by atoms with Crippen molar-refractivity contribution in [1.82, 2.24) is 14.9 Å².